The van der Waals surface area contributed by atoms with Crippen molar-refractivity contribution in [2.24, 2.45) is 5.73 Å². The summed E-state index contributed by atoms with van der Waals surface area (Å²) in [6.07, 6.45) is 0. The normalized spacial score (nSPS) is 10.2. The van der Waals surface area contributed by atoms with Gasteiger partial charge in [-0.05, 0) is 59.3 Å². The van der Waals surface area contributed by atoms with Gasteiger partial charge in [0.2, 0.25) is 0 Å². The number of hydrogen-bond donors (Lipinski definition) is 2. The second kappa shape index (κ2) is 6.85. The third-order valence-electron chi connectivity index (χ3n) is 2.93. The summed E-state index contributed by atoms with van der Waals surface area (Å²) in [7, 11) is 0. The maximum Gasteiger partial charge on any atom is 0.256 e. The topological polar surface area (TPSA) is 55.1 Å². The van der Waals surface area contributed by atoms with E-state index < -0.39 is 0 Å². The van der Waals surface area contributed by atoms with Crippen LogP contribution in [0.4, 0.5) is 5.69 Å². The van der Waals surface area contributed by atoms with Crippen molar-refractivity contribution in [3.63, 3.8) is 0 Å². The minimum atomic E-state index is -0.182. The molecule has 0 saturated heterocycles. The van der Waals surface area contributed by atoms with E-state index in [1.165, 1.54) is 0 Å². The summed E-state index contributed by atoms with van der Waals surface area (Å²) in [4.78, 5) is 12.7. The lowest BCUT2D eigenvalue weighted by Gasteiger charge is -2.12. The van der Waals surface area contributed by atoms with Crippen LogP contribution < -0.4 is 11.1 Å². The minimum Gasteiger partial charge on any atom is -0.389 e. The van der Waals surface area contributed by atoms with E-state index in [0.717, 1.165) is 13.6 Å². The highest BCUT2D eigenvalue weighted by atomic mass is 127. The van der Waals surface area contributed by atoms with E-state index >= 15 is 0 Å². The number of anilines is 1. The summed E-state index contributed by atoms with van der Waals surface area (Å²) in [5.74, 6) is -0.182. The molecule has 0 atom stereocenters. The van der Waals surface area contributed by atoms with Gasteiger partial charge in [0, 0.05) is 13.6 Å². The molecule has 1 amide bonds. The molecule has 2 aromatic carbocycles. The molecule has 0 heterocycles. The number of hydrogen-bond acceptors (Lipinski definition) is 2. The van der Waals surface area contributed by atoms with Gasteiger partial charge in [0.1, 0.15) is 4.99 Å². The van der Waals surface area contributed by atoms with Crippen LogP contribution in [0.25, 0.3) is 0 Å². The van der Waals surface area contributed by atoms with E-state index in [0.29, 0.717) is 16.8 Å². The standard InChI is InChI=1S/C15H12BrIN2OS/c1-8-3-2-4-11(13(8)17)15(20)19-12-7-9(16)5-6-10(12)14(18)21/h2-7H,1H3,(H2,18,21)(H,19,20). The Bertz CT molecular complexity index is 734. The highest BCUT2D eigenvalue weighted by molar-refractivity contribution is 14.1. The van der Waals surface area contributed by atoms with Crippen molar-refractivity contribution in [2.75, 3.05) is 5.32 Å². The van der Waals surface area contributed by atoms with Crippen LogP contribution in [-0.2, 0) is 0 Å². The smallest absolute Gasteiger partial charge is 0.256 e. The lowest BCUT2D eigenvalue weighted by molar-refractivity contribution is 0.102. The van der Waals surface area contributed by atoms with Gasteiger partial charge >= 0.3 is 0 Å². The Kier molecular flexibility index (Phi) is 5.34. The maximum atomic E-state index is 12.5. The van der Waals surface area contributed by atoms with Crippen LogP contribution in [0.2, 0.25) is 0 Å². The number of nitrogens with one attached hydrogen (secondary N) is 1. The molecule has 3 N–H and O–H groups in total. The fourth-order valence-corrected chi connectivity index (χ4v) is 2.99. The zero-order chi connectivity index (χ0) is 15.6. The first-order valence-electron chi connectivity index (χ1n) is 6.06. The maximum absolute atomic E-state index is 12.5. The van der Waals surface area contributed by atoms with Crippen molar-refractivity contribution in [1.29, 1.82) is 0 Å². The monoisotopic (exact) mass is 474 g/mol. The van der Waals surface area contributed by atoms with E-state index in [-0.39, 0.29) is 10.9 Å². The Balaban J connectivity index is 2.38. The van der Waals surface area contributed by atoms with Crippen molar-refractivity contribution in [3.8, 4) is 0 Å². The van der Waals surface area contributed by atoms with Crippen molar-refractivity contribution in [1.82, 2.24) is 0 Å². The van der Waals surface area contributed by atoms with E-state index in [9.17, 15) is 4.79 Å². The van der Waals surface area contributed by atoms with E-state index in [1.54, 1.807) is 18.2 Å². The quantitative estimate of drug-likeness (QED) is 0.516. The molecular formula is C15H12BrIN2OS. The van der Waals surface area contributed by atoms with Crippen LogP contribution in [0, 0.1) is 10.5 Å². The van der Waals surface area contributed by atoms with Crippen molar-refractivity contribution >= 4 is 67.3 Å². The largest absolute Gasteiger partial charge is 0.389 e. The molecule has 0 aliphatic carbocycles. The molecule has 6 heteroatoms. The lowest BCUT2D eigenvalue weighted by atomic mass is 10.1. The molecule has 3 nitrogen and oxygen atoms in total. The SMILES string of the molecule is Cc1cccc(C(=O)Nc2cc(Br)ccc2C(N)=S)c1I. The fraction of sp³-hybridized carbons (Fsp3) is 0.0667. The molecule has 2 aromatic rings. The van der Waals surface area contributed by atoms with E-state index in [4.69, 9.17) is 18.0 Å². The Labute approximate surface area is 150 Å². The summed E-state index contributed by atoms with van der Waals surface area (Å²) in [5, 5.41) is 2.88. The molecule has 0 saturated carbocycles. The predicted octanol–water partition coefficient (Wildman–Crippen LogP) is 4.25. The summed E-state index contributed by atoms with van der Waals surface area (Å²) < 4.78 is 1.77. The summed E-state index contributed by atoms with van der Waals surface area (Å²) in [6, 6.07) is 11.0. The third-order valence-corrected chi connectivity index (χ3v) is 5.08. The summed E-state index contributed by atoms with van der Waals surface area (Å²) in [5.41, 5.74) is 8.63. The number of carbonyl (C=O) groups excluding carboxylic acids is 1. The number of aryl methyl sites for hydroxylation is 1. The van der Waals surface area contributed by atoms with Gasteiger partial charge in [-0.3, -0.25) is 4.79 Å². The van der Waals surface area contributed by atoms with Crippen molar-refractivity contribution in [3.05, 3.63) is 61.1 Å². The van der Waals surface area contributed by atoms with Crippen molar-refractivity contribution < 1.29 is 4.79 Å². The number of rotatable bonds is 3. The number of amides is 1. The molecule has 0 aromatic heterocycles. The zero-order valence-electron chi connectivity index (χ0n) is 11.1. The number of nitrogens with two attached hydrogens (primary N) is 1. The van der Waals surface area contributed by atoms with Gasteiger partial charge < -0.3 is 11.1 Å². The van der Waals surface area contributed by atoms with Gasteiger partial charge in [0.05, 0.1) is 11.3 Å². The number of carbonyl (C=O) groups is 1. The molecule has 0 fully saturated rings. The van der Waals surface area contributed by atoms with Gasteiger partial charge in [-0.1, -0.05) is 40.3 Å². The van der Waals surface area contributed by atoms with Crippen molar-refractivity contribution in [2.45, 2.75) is 6.92 Å². The molecule has 0 unspecified atom stereocenters. The van der Waals surface area contributed by atoms with Crippen LogP contribution >= 0.6 is 50.7 Å². The molecule has 108 valence electrons. The lowest BCUT2D eigenvalue weighted by Crippen LogP contribution is -2.18. The first kappa shape index (κ1) is 16.4. The molecule has 0 aliphatic rings. The second-order valence-electron chi connectivity index (χ2n) is 4.44. The third kappa shape index (κ3) is 3.81. The fourth-order valence-electron chi connectivity index (χ4n) is 1.85. The van der Waals surface area contributed by atoms with Crippen LogP contribution in [-0.4, -0.2) is 10.9 Å². The Morgan fingerprint density at radius 2 is 2.00 bits per heavy atom. The number of thiocarbonyl (C=S) groups is 1. The van der Waals surface area contributed by atoms with Gasteiger partial charge in [0.15, 0.2) is 0 Å². The second-order valence-corrected chi connectivity index (χ2v) is 6.88. The predicted molar refractivity (Wildman–Crippen MR) is 102 cm³/mol. The molecule has 21 heavy (non-hydrogen) atoms. The Hall–Kier alpha value is -0.990. The first-order valence-corrected chi connectivity index (χ1v) is 8.34. The molecule has 0 spiro atoms. The average Bonchev–Trinajstić information content (AvgIpc) is 2.41. The van der Waals surface area contributed by atoms with Gasteiger partial charge in [-0.2, -0.15) is 0 Å². The highest BCUT2D eigenvalue weighted by Gasteiger charge is 2.14. The van der Waals surface area contributed by atoms with Crippen LogP contribution in [0.15, 0.2) is 40.9 Å². The van der Waals surface area contributed by atoms with Crippen LogP contribution in [0.1, 0.15) is 21.5 Å². The summed E-state index contributed by atoms with van der Waals surface area (Å²) in [6.45, 7) is 1.97. The summed E-state index contributed by atoms with van der Waals surface area (Å²) >= 11 is 10.6. The first-order chi connectivity index (χ1) is 9.90. The highest BCUT2D eigenvalue weighted by Crippen LogP contribution is 2.23. The Morgan fingerprint density at radius 1 is 1.29 bits per heavy atom. The number of benzene rings is 2. The average molecular weight is 475 g/mol. The number of halogens is 2. The van der Waals surface area contributed by atoms with Gasteiger partial charge in [-0.15, -0.1) is 0 Å². The van der Waals surface area contributed by atoms with Gasteiger partial charge in [0.25, 0.3) is 5.91 Å². The molecular weight excluding hydrogens is 463 g/mol. The zero-order valence-corrected chi connectivity index (χ0v) is 15.7. The van der Waals surface area contributed by atoms with Crippen LogP contribution in [0.3, 0.4) is 0 Å². The van der Waals surface area contributed by atoms with Gasteiger partial charge in [-0.25, -0.2) is 0 Å². The molecule has 0 aliphatic heterocycles. The minimum absolute atomic E-state index is 0.182. The molecule has 0 bridgehead atoms. The molecule has 0 radical (unpaired) electrons. The Morgan fingerprint density at radius 3 is 2.67 bits per heavy atom. The van der Waals surface area contributed by atoms with Crippen LogP contribution in [0.5, 0.6) is 0 Å². The molecule has 2 rings (SSSR count). The van der Waals surface area contributed by atoms with E-state index in [2.05, 4.69) is 43.8 Å². The van der Waals surface area contributed by atoms with E-state index in [1.807, 2.05) is 25.1 Å².